The lowest BCUT2D eigenvalue weighted by Gasteiger charge is -2.10. The van der Waals surface area contributed by atoms with Crippen LogP contribution in [0.4, 0.5) is 17.5 Å². The van der Waals surface area contributed by atoms with E-state index in [9.17, 15) is 0 Å². The van der Waals surface area contributed by atoms with Gasteiger partial charge in [0.1, 0.15) is 5.82 Å². The Labute approximate surface area is 136 Å². The van der Waals surface area contributed by atoms with Gasteiger partial charge in [0.2, 0.25) is 5.95 Å². The Bertz CT molecular complexity index is 853. The molecule has 1 aromatic carbocycles. The first-order chi connectivity index (χ1) is 10.9. The molecule has 3 N–H and O–H groups in total. The van der Waals surface area contributed by atoms with Gasteiger partial charge in [-0.1, -0.05) is 26.0 Å². The lowest BCUT2D eigenvalue weighted by atomic mass is 10.0. The molecule has 0 radical (unpaired) electrons. The van der Waals surface area contributed by atoms with Crippen LogP contribution in [-0.4, -0.2) is 15.0 Å². The molecule has 0 fully saturated rings. The third-order valence-electron chi connectivity index (χ3n) is 3.85. The third-order valence-corrected chi connectivity index (χ3v) is 3.85. The first kappa shape index (κ1) is 15.2. The molecular formula is C18H21N5. The summed E-state index contributed by atoms with van der Waals surface area (Å²) in [5.41, 5.74) is 10.9. The van der Waals surface area contributed by atoms with Crippen LogP contribution in [0.15, 0.2) is 30.3 Å². The largest absolute Gasteiger partial charge is 0.383 e. The van der Waals surface area contributed by atoms with E-state index < -0.39 is 0 Å². The fraction of sp³-hybridized carbons (Fsp3) is 0.278. The zero-order valence-electron chi connectivity index (χ0n) is 13.9. The number of nitrogens with zero attached hydrogens (tertiary/aromatic N) is 3. The molecule has 118 valence electrons. The summed E-state index contributed by atoms with van der Waals surface area (Å²) in [5, 5.41) is 4.02. The van der Waals surface area contributed by atoms with Crippen LogP contribution in [0, 0.1) is 13.8 Å². The lowest BCUT2D eigenvalue weighted by molar-refractivity contribution is 0.867. The Hall–Kier alpha value is -2.69. The first-order valence-corrected chi connectivity index (χ1v) is 7.72. The number of hydrogen-bond donors (Lipinski definition) is 2. The van der Waals surface area contributed by atoms with Gasteiger partial charge in [-0.2, -0.15) is 9.97 Å². The molecule has 5 heteroatoms. The fourth-order valence-electron chi connectivity index (χ4n) is 2.65. The van der Waals surface area contributed by atoms with E-state index in [-0.39, 0.29) is 0 Å². The normalized spacial score (nSPS) is 11.2. The number of benzene rings is 1. The van der Waals surface area contributed by atoms with Crippen LogP contribution in [0.3, 0.4) is 0 Å². The predicted molar refractivity (Wildman–Crippen MR) is 95.0 cm³/mol. The maximum absolute atomic E-state index is 6.09. The number of fused-ring (bicyclic) bond motifs is 1. The number of aryl methyl sites for hydroxylation is 2. The molecule has 0 atom stereocenters. The van der Waals surface area contributed by atoms with Gasteiger partial charge in [-0.25, -0.2) is 4.98 Å². The van der Waals surface area contributed by atoms with Crippen LogP contribution in [0.25, 0.3) is 11.0 Å². The van der Waals surface area contributed by atoms with Crippen molar-refractivity contribution >= 4 is 28.5 Å². The Morgan fingerprint density at radius 3 is 2.35 bits per heavy atom. The van der Waals surface area contributed by atoms with E-state index >= 15 is 0 Å². The maximum atomic E-state index is 6.09. The van der Waals surface area contributed by atoms with Crippen molar-refractivity contribution in [3.8, 4) is 0 Å². The fourth-order valence-corrected chi connectivity index (χ4v) is 2.65. The smallest absolute Gasteiger partial charge is 0.231 e. The molecule has 3 aromatic rings. The zero-order valence-corrected chi connectivity index (χ0v) is 13.9. The minimum absolute atomic E-state index is 0.446. The monoisotopic (exact) mass is 307 g/mol. The van der Waals surface area contributed by atoms with Crippen molar-refractivity contribution in [3.63, 3.8) is 0 Å². The standard InChI is InChI=1S/C18H21N5/c1-10(2)13-5-7-14(8-6-13)21-18-22-16(19)15-11(3)9-12(4)20-17(15)23-18/h5-10H,1-4H3,(H3,19,20,21,22,23). The molecule has 0 unspecified atom stereocenters. The van der Waals surface area contributed by atoms with Gasteiger partial charge < -0.3 is 11.1 Å². The molecular weight excluding hydrogens is 286 g/mol. The van der Waals surface area contributed by atoms with E-state index in [1.807, 2.05) is 32.0 Å². The van der Waals surface area contributed by atoms with Gasteiger partial charge in [-0.15, -0.1) is 0 Å². The number of aromatic nitrogens is 3. The molecule has 0 saturated carbocycles. The lowest BCUT2D eigenvalue weighted by Crippen LogP contribution is -2.04. The molecule has 0 aliphatic carbocycles. The van der Waals surface area contributed by atoms with Crippen molar-refractivity contribution in [2.75, 3.05) is 11.1 Å². The highest BCUT2D eigenvalue weighted by molar-refractivity contribution is 5.89. The van der Waals surface area contributed by atoms with Crippen molar-refractivity contribution in [3.05, 3.63) is 47.2 Å². The average Bonchev–Trinajstić information content (AvgIpc) is 2.46. The van der Waals surface area contributed by atoms with E-state index in [1.165, 1.54) is 5.56 Å². The molecule has 2 heterocycles. The van der Waals surface area contributed by atoms with Gasteiger partial charge in [-0.05, 0) is 49.1 Å². The van der Waals surface area contributed by atoms with E-state index in [0.29, 0.717) is 23.3 Å². The van der Waals surface area contributed by atoms with Crippen molar-refractivity contribution < 1.29 is 0 Å². The number of hydrogen-bond acceptors (Lipinski definition) is 5. The Morgan fingerprint density at radius 1 is 1.00 bits per heavy atom. The zero-order chi connectivity index (χ0) is 16.6. The first-order valence-electron chi connectivity index (χ1n) is 7.72. The Morgan fingerprint density at radius 2 is 1.70 bits per heavy atom. The second-order valence-corrected chi connectivity index (χ2v) is 6.11. The summed E-state index contributed by atoms with van der Waals surface area (Å²) in [4.78, 5) is 13.3. The predicted octanol–water partition coefficient (Wildman–Crippen LogP) is 4.09. The molecule has 0 spiro atoms. The summed E-state index contributed by atoms with van der Waals surface area (Å²) < 4.78 is 0. The van der Waals surface area contributed by atoms with E-state index in [1.54, 1.807) is 0 Å². The van der Waals surface area contributed by atoms with Crippen LogP contribution < -0.4 is 11.1 Å². The molecule has 0 bridgehead atoms. The van der Waals surface area contributed by atoms with Crippen molar-refractivity contribution in [1.82, 2.24) is 15.0 Å². The number of anilines is 3. The van der Waals surface area contributed by atoms with Gasteiger partial charge in [0.15, 0.2) is 5.65 Å². The number of pyridine rings is 1. The molecule has 3 rings (SSSR count). The highest BCUT2D eigenvalue weighted by Gasteiger charge is 2.10. The minimum Gasteiger partial charge on any atom is -0.383 e. The number of rotatable bonds is 3. The summed E-state index contributed by atoms with van der Waals surface area (Å²) in [7, 11) is 0. The van der Waals surface area contributed by atoms with Crippen LogP contribution in [0.5, 0.6) is 0 Å². The molecule has 23 heavy (non-hydrogen) atoms. The number of nitrogens with two attached hydrogens (primary N) is 1. The second-order valence-electron chi connectivity index (χ2n) is 6.11. The molecule has 0 aliphatic heterocycles. The Kier molecular flexibility index (Phi) is 3.86. The summed E-state index contributed by atoms with van der Waals surface area (Å²) in [5.74, 6) is 1.41. The number of nitrogens with one attached hydrogen (secondary N) is 1. The van der Waals surface area contributed by atoms with Gasteiger partial charge >= 0.3 is 0 Å². The quantitative estimate of drug-likeness (QED) is 0.762. The second kappa shape index (κ2) is 5.83. The summed E-state index contributed by atoms with van der Waals surface area (Å²) in [6, 6.07) is 10.2. The minimum atomic E-state index is 0.446. The van der Waals surface area contributed by atoms with Crippen LogP contribution >= 0.6 is 0 Å². The third kappa shape index (κ3) is 3.08. The highest BCUT2D eigenvalue weighted by atomic mass is 15.1. The molecule has 2 aromatic heterocycles. The van der Waals surface area contributed by atoms with Crippen LogP contribution in [0.1, 0.15) is 36.6 Å². The Balaban J connectivity index is 1.97. The van der Waals surface area contributed by atoms with Crippen molar-refractivity contribution in [2.24, 2.45) is 0 Å². The van der Waals surface area contributed by atoms with Crippen molar-refractivity contribution in [2.45, 2.75) is 33.6 Å². The van der Waals surface area contributed by atoms with Gasteiger partial charge in [-0.3, -0.25) is 0 Å². The molecule has 5 nitrogen and oxygen atoms in total. The van der Waals surface area contributed by atoms with E-state index in [4.69, 9.17) is 5.73 Å². The van der Waals surface area contributed by atoms with Crippen LogP contribution in [-0.2, 0) is 0 Å². The summed E-state index contributed by atoms with van der Waals surface area (Å²) in [6.45, 7) is 8.29. The highest BCUT2D eigenvalue weighted by Crippen LogP contribution is 2.24. The van der Waals surface area contributed by atoms with Gasteiger partial charge in [0.25, 0.3) is 0 Å². The summed E-state index contributed by atoms with van der Waals surface area (Å²) in [6.07, 6.45) is 0. The van der Waals surface area contributed by atoms with E-state index in [2.05, 4.69) is 46.2 Å². The SMILES string of the molecule is Cc1cc(C)c2c(N)nc(Nc3ccc(C(C)C)cc3)nc2n1. The van der Waals surface area contributed by atoms with Gasteiger partial charge in [0.05, 0.1) is 5.39 Å². The van der Waals surface area contributed by atoms with Crippen molar-refractivity contribution in [1.29, 1.82) is 0 Å². The average molecular weight is 307 g/mol. The summed E-state index contributed by atoms with van der Waals surface area (Å²) >= 11 is 0. The molecule has 0 saturated heterocycles. The molecule has 0 amide bonds. The van der Waals surface area contributed by atoms with Crippen LogP contribution in [0.2, 0.25) is 0 Å². The maximum Gasteiger partial charge on any atom is 0.231 e. The number of nitrogen functional groups attached to an aromatic ring is 1. The molecule has 0 aliphatic rings. The van der Waals surface area contributed by atoms with Gasteiger partial charge in [0, 0.05) is 11.4 Å². The van der Waals surface area contributed by atoms with E-state index in [0.717, 1.165) is 22.3 Å². The topological polar surface area (TPSA) is 76.7 Å².